The first-order chi connectivity index (χ1) is 28.1. The molecule has 1 aliphatic heterocycles. The molecule has 0 saturated heterocycles. The van der Waals surface area contributed by atoms with Crippen LogP contribution in [-0.2, 0) is 0 Å². The van der Waals surface area contributed by atoms with Gasteiger partial charge in [0.25, 0.3) is 0 Å². The molecular formula is C53H39N3Si. The van der Waals surface area contributed by atoms with Crippen LogP contribution in [0.25, 0.3) is 67.5 Å². The van der Waals surface area contributed by atoms with E-state index < -0.39 is 8.07 Å². The Morgan fingerprint density at radius 3 is 1.30 bits per heavy atom. The van der Waals surface area contributed by atoms with Gasteiger partial charge in [-0.05, 0) is 86.2 Å². The topological polar surface area (TPSA) is 38.7 Å². The molecule has 0 atom stereocenters. The second-order valence-corrected chi connectivity index (χ2v) is 18.7. The summed E-state index contributed by atoms with van der Waals surface area (Å²) in [4.78, 5) is 16.0. The predicted octanol–water partition coefficient (Wildman–Crippen LogP) is 10.2. The molecule has 3 nitrogen and oxygen atoms in total. The van der Waals surface area contributed by atoms with Crippen LogP contribution in [0.15, 0.2) is 200 Å². The van der Waals surface area contributed by atoms with Gasteiger partial charge >= 0.3 is 0 Å². The zero-order valence-electron chi connectivity index (χ0n) is 31.9. The molecule has 0 fully saturated rings. The highest BCUT2D eigenvalue weighted by Gasteiger charge is 2.49. The van der Waals surface area contributed by atoms with Gasteiger partial charge in [-0.1, -0.05) is 193 Å². The molecule has 8 aromatic carbocycles. The highest BCUT2D eigenvalue weighted by Crippen LogP contribution is 2.38. The van der Waals surface area contributed by atoms with Crippen molar-refractivity contribution in [1.29, 1.82) is 0 Å². The minimum atomic E-state index is -2.75. The van der Waals surface area contributed by atoms with Gasteiger partial charge in [-0.15, -0.1) is 0 Å². The summed E-state index contributed by atoms with van der Waals surface area (Å²) in [6.45, 7) is 4.33. The Morgan fingerprint density at radius 1 is 0.316 bits per heavy atom. The minimum absolute atomic E-state index is 0.637. The standard InChI is InChI=1S/C53H39N3Si/c1-36-25-29-44(30-26-36)57(45-31-27-37(2)28-32-45)48-23-13-12-21-46(48)50-47(22-14-24-49(50)57)53-55-51(40-19-10-5-11-20-40)54-52(56-53)43-34-41(38-15-6-3-7-16-38)33-42(35-43)39-17-8-4-9-18-39/h3-35H,1-2H3. The van der Waals surface area contributed by atoms with Crippen molar-refractivity contribution in [3.05, 3.63) is 211 Å². The highest BCUT2D eigenvalue weighted by atomic mass is 28.3. The molecule has 0 bridgehead atoms. The fourth-order valence-electron chi connectivity index (χ4n) is 8.60. The molecule has 1 aromatic heterocycles. The molecule has 0 amide bonds. The first kappa shape index (κ1) is 34.5. The lowest BCUT2D eigenvalue weighted by molar-refractivity contribution is 1.07. The van der Waals surface area contributed by atoms with Gasteiger partial charge in [0.15, 0.2) is 25.5 Å². The monoisotopic (exact) mass is 745 g/mol. The second-order valence-electron chi connectivity index (χ2n) is 15.0. The van der Waals surface area contributed by atoms with E-state index in [4.69, 9.17) is 15.0 Å². The van der Waals surface area contributed by atoms with Crippen LogP contribution in [0, 0.1) is 13.8 Å². The van der Waals surface area contributed by atoms with Gasteiger partial charge in [0.2, 0.25) is 0 Å². The van der Waals surface area contributed by atoms with E-state index in [-0.39, 0.29) is 0 Å². The van der Waals surface area contributed by atoms with Gasteiger partial charge in [-0.3, -0.25) is 0 Å². The van der Waals surface area contributed by atoms with Crippen LogP contribution in [0.3, 0.4) is 0 Å². The lowest BCUT2D eigenvalue weighted by atomic mass is 9.95. The van der Waals surface area contributed by atoms with Crippen molar-refractivity contribution in [2.75, 3.05) is 0 Å². The van der Waals surface area contributed by atoms with E-state index in [1.165, 1.54) is 43.0 Å². The van der Waals surface area contributed by atoms with Gasteiger partial charge in [0, 0.05) is 16.7 Å². The first-order valence-corrected chi connectivity index (χ1v) is 21.5. The molecule has 1 aliphatic rings. The Kier molecular flexibility index (Phi) is 8.62. The minimum Gasteiger partial charge on any atom is -0.208 e. The summed E-state index contributed by atoms with van der Waals surface area (Å²) in [5, 5.41) is 5.48. The Balaban J connectivity index is 1.25. The zero-order valence-corrected chi connectivity index (χ0v) is 32.9. The number of hydrogen-bond acceptors (Lipinski definition) is 3. The molecule has 10 rings (SSSR count). The van der Waals surface area contributed by atoms with Gasteiger partial charge in [0.1, 0.15) is 0 Å². The van der Waals surface area contributed by atoms with E-state index in [0.717, 1.165) is 38.9 Å². The first-order valence-electron chi connectivity index (χ1n) is 19.5. The summed E-state index contributed by atoms with van der Waals surface area (Å²) in [7, 11) is -2.75. The third-order valence-electron chi connectivity index (χ3n) is 11.4. The fraction of sp³-hybridized carbons (Fsp3) is 0.0377. The Bertz CT molecular complexity index is 2790. The summed E-state index contributed by atoms with van der Waals surface area (Å²) < 4.78 is 0. The second kappa shape index (κ2) is 14.2. The number of benzene rings is 8. The van der Waals surface area contributed by atoms with E-state index in [9.17, 15) is 0 Å². The van der Waals surface area contributed by atoms with Gasteiger partial charge < -0.3 is 0 Å². The molecule has 4 heteroatoms. The lowest BCUT2D eigenvalue weighted by Gasteiger charge is -2.31. The van der Waals surface area contributed by atoms with Crippen LogP contribution in [0.2, 0.25) is 0 Å². The van der Waals surface area contributed by atoms with Crippen molar-refractivity contribution in [3.8, 4) is 67.5 Å². The maximum absolute atomic E-state index is 5.43. The Labute approximate surface area is 335 Å². The summed E-state index contributed by atoms with van der Waals surface area (Å²) in [5.74, 6) is 1.94. The number of aromatic nitrogens is 3. The van der Waals surface area contributed by atoms with Crippen molar-refractivity contribution < 1.29 is 0 Å². The Hall–Kier alpha value is -7.01. The van der Waals surface area contributed by atoms with E-state index >= 15 is 0 Å². The van der Waals surface area contributed by atoms with Crippen LogP contribution in [0.1, 0.15) is 11.1 Å². The third-order valence-corrected chi connectivity index (χ3v) is 16.2. The quantitative estimate of drug-likeness (QED) is 0.153. The molecule has 0 spiro atoms. The van der Waals surface area contributed by atoms with Crippen molar-refractivity contribution in [1.82, 2.24) is 15.0 Å². The molecular weight excluding hydrogens is 707 g/mol. The van der Waals surface area contributed by atoms with Crippen molar-refractivity contribution in [2.24, 2.45) is 0 Å². The van der Waals surface area contributed by atoms with Crippen molar-refractivity contribution in [2.45, 2.75) is 13.8 Å². The highest BCUT2D eigenvalue weighted by molar-refractivity contribution is 7.22. The van der Waals surface area contributed by atoms with Crippen LogP contribution < -0.4 is 20.7 Å². The largest absolute Gasteiger partial charge is 0.208 e. The average molecular weight is 746 g/mol. The summed E-state index contributed by atoms with van der Waals surface area (Å²) in [6, 6.07) is 72.4. The molecule has 9 aromatic rings. The Morgan fingerprint density at radius 2 is 0.737 bits per heavy atom. The van der Waals surface area contributed by atoms with Crippen LogP contribution in [0.5, 0.6) is 0 Å². The normalized spacial score (nSPS) is 12.5. The molecule has 0 saturated carbocycles. The lowest BCUT2D eigenvalue weighted by Crippen LogP contribution is -2.72. The van der Waals surface area contributed by atoms with Gasteiger partial charge in [0.05, 0.1) is 0 Å². The van der Waals surface area contributed by atoms with E-state index in [1.807, 2.05) is 18.2 Å². The van der Waals surface area contributed by atoms with E-state index in [1.54, 1.807) is 0 Å². The van der Waals surface area contributed by atoms with Crippen molar-refractivity contribution >= 4 is 28.8 Å². The summed E-state index contributed by atoms with van der Waals surface area (Å²) in [6.07, 6.45) is 0. The number of fused-ring (bicyclic) bond motifs is 3. The smallest absolute Gasteiger partial charge is 0.180 e. The van der Waals surface area contributed by atoms with Crippen LogP contribution in [0.4, 0.5) is 0 Å². The maximum Gasteiger partial charge on any atom is 0.180 e. The number of rotatable bonds is 7. The van der Waals surface area contributed by atoms with Crippen LogP contribution in [-0.4, -0.2) is 23.0 Å². The predicted molar refractivity (Wildman–Crippen MR) is 239 cm³/mol. The molecule has 270 valence electrons. The molecule has 0 unspecified atom stereocenters. The molecule has 2 heterocycles. The molecule has 0 radical (unpaired) electrons. The maximum atomic E-state index is 5.43. The fourth-order valence-corrected chi connectivity index (χ4v) is 13.8. The average Bonchev–Trinajstić information content (AvgIpc) is 3.59. The molecule has 57 heavy (non-hydrogen) atoms. The van der Waals surface area contributed by atoms with E-state index in [0.29, 0.717) is 17.5 Å². The van der Waals surface area contributed by atoms with Crippen molar-refractivity contribution in [3.63, 3.8) is 0 Å². The summed E-state index contributed by atoms with van der Waals surface area (Å²) in [5.41, 5.74) is 12.4. The van der Waals surface area contributed by atoms with E-state index in [2.05, 4.69) is 196 Å². The molecule has 0 aliphatic carbocycles. The van der Waals surface area contributed by atoms with Gasteiger partial charge in [-0.25, -0.2) is 15.0 Å². The third kappa shape index (κ3) is 6.02. The SMILES string of the molecule is Cc1ccc([Si]2(c3ccc(C)cc3)c3ccccc3-c3c(-c4nc(-c5ccccc5)nc(-c5cc(-c6ccccc6)cc(-c6ccccc6)c5)n4)cccc32)cc1. The molecule has 0 N–H and O–H groups in total. The van der Waals surface area contributed by atoms with Gasteiger partial charge in [-0.2, -0.15) is 0 Å². The number of aryl methyl sites for hydroxylation is 2. The van der Waals surface area contributed by atoms with Crippen LogP contribution >= 0.6 is 0 Å². The number of hydrogen-bond donors (Lipinski definition) is 0. The zero-order chi connectivity index (χ0) is 38.3. The summed E-state index contributed by atoms with van der Waals surface area (Å²) >= 11 is 0. The number of nitrogens with zero attached hydrogens (tertiary/aromatic N) is 3.